The Bertz CT molecular complexity index is 495. The molecule has 0 fully saturated rings. The molecular weight excluding hydrogens is 250 g/mol. The number of nitrogens with one attached hydrogen (secondary N) is 1. The summed E-state index contributed by atoms with van der Waals surface area (Å²) in [5, 5.41) is 0. The molecule has 0 spiro atoms. The zero-order chi connectivity index (χ0) is 13.8. The molecule has 1 N–H and O–H groups in total. The molecule has 0 amide bonds. The predicted octanol–water partition coefficient (Wildman–Crippen LogP) is 2.22. The van der Waals surface area contributed by atoms with Gasteiger partial charge in [-0.05, 0) is 44.9 Å². The molecule has 18 heavy (non-hydrogen) atoms. The molecule has 102 valence electrons. The first-order valence-corrected chi connectivity index (χ1v) is 7.73. The van der Waals surface area contributed by atoms with Crippen molar-refractivity contribution >= 4 is 10.0 Å². The van der Waals surface area contributed by atoms with Crippen LogP contribution in [0.25, 0.3) is 0 Å². The van der Waals surface area contributed by atoms with Crippen LogP contribution in [-0.4, -0.2) is 20.3 Å². The van der Waals surface area contributed by atoms with Crippen molar-refractivity contribution in [1.82, 2.24) is 4.72 Å². The number of aryl methyl sites for hydroxylation is 1. The zero-order valence-corrected chi connectivity index (χ0v) is 12.2. The summed E-state index contributed by atoms with van der Waals surface area (Å²) in [5.74, 6) is 0.938. The second-order valence-electron chi connectivity index (χ2n) is 4.49. The van der Waals surface area contributed by atoms with Crippen LogP contribution in [0.2, 0.25) is 0 Å². The van der Waals surface area contributed by atoms with Crippen molar-refractivity contribution in [2.45, 2.75) is 40.3 Å². The third-order valence-electron chi connectivity index (χ3n) is 2.48. The van der Waals surface area contributed by atoms with Gasteiger partial charge in [0.1, 0.15) is 5.75 Å². The SMILES string of the molecule is CCS(=O)(=O)NCc1ccc(OC(C)C)c(C)c1. The van der Waals surface area contributed by atoms with E-state index in [1.807, 2.05) is 39.0 Å². The van der Waals surface area contributed by atoms with Crippen molar-refractivity contribution in [3.05, 3.63) is 29.3 Å². The van der Waals surface area contributed by atoms with Gasteiger partial charge in [-0.25, -0.2) is 13.1 Å². The Morgan fingerprint density at radius 3 is 2.50 bits per heavy atom. The van der Waals surface area contributed by atoms with Crippen LogP contribution in [0.5, 0.6) is 5.75 Å². The summed E-state index contributed by atoms with van der Waals surface area (Å²) in [6.45, 7) is 7.84. The van der Waals surface area contributed by atoms with Crippen molar-refractivity contribution < 1.29 is 13.2 Å². The second-order valence-corrected chi connectivity index (χ2v) is 6.59. The number of ether oxygens (including phenoxy) is 1. The standard InChI is InChI=1S/C13H21NO3S/c1-5-18(15,16)14-9-12-6-7-13(11(4)8-12)17-10(2)3/h6-8,10,14H,5,9H2,1-4H3. The van der Waals surface area contributed by atoms with E-state index >= 15 is 0 Å². The fraction of sp³-hybridized carbons (Fsp3) is 0.538. The summed E-state index contributed by atoms with van der Waals surface area (Å²) in [6, 6.07) is 5.70. The van der Waals surface area contributed by atoms with E-state index in [-0.39, 0.29) is 11.9 Å². The van der Waals surface area contributed by atoms with Crippen LogP contribution >= 0.6 is 0 Å². The molecule has 1 rings (SSSR count). The Labute approximate surface area is 109 Å². The molecule has 0 aliphatic rings. The van der Waals surface area contributed by atoms with E-state index in [0.717, 1.165) is 16.9 Å². The van der Waals surface area contributed by atoms with E-state index in [4.69, 9.17) is 4.74 Å². The zero-order valence-electron chi connectivity index (χ0n) is 11.4. The lowest BCUT2D eigenvalue weighted by Gasteiger charge is -2.13. The third kappa shape index (κ3) is 4.66. The molecule has 1 aromatic carbocycles. The molecule has 0 saturated carbocycles. The molecule has 0 aliphatic carbocycles. The molecule has 4 nitrogen and oxygen atoms in total. The van der Waals surface area contributed by atoms with E-state index in [0.29, 0.717) is 6.54 Å². The Morgan fingerprint density at radius 2 is 2.00 bits per heavy atom. The molecule has 0 radical (unpaired) electrons. The molecule has 0 bridgehead atoms. The number of hydrogen-bond acceptors (Lipinski definition) is 3. The van der Waals surface area contributed by atoms with E-state index in [1.54, 1.807) is 6.92 Å². The van der Waals surface area contributed by atoms with E-state index in [9.17, 15) is 8.42 Å². The van der Waals surface area contributed by atoms with Crippen LogP contribution in [-0.2, 0) is 16.6 Å². The Kier molecular flexibility index (Phi) is 5.16. The Morgan fingerprint density at radius 1 is 1.33 bits per heavy atom. The minimum absolute atomic E-state index is 0.0977. The summed E-state index contributed by atoms with van der Waals surface area (Å²) in [7, 11) is -3.14. The van der Waals surface area contributed by atoms with Crippen molar-refractivity contribution in [1.29, 1.82) is 0 Å². The number of rotatable bonds is 6. The van der Waals surface area contributed by atoms with Gasteiger partial charge in [-0.3, -0.25) is 0 Å². The Hall–Kier alpha value is -1.07. The van der Waals surface area contributed by atoms with Crippen LogP contribution in [0.4, 0.5) is 0 Å². The summed E-state index contributed by atoms with van der Waals surface area (Å²) in [4.78, 5) is 0. The minimum atomic E-state index is -3.14. The first kappa shape index (κ1) is 15.0. The van der Waals surface area contributed by atoms with Crippen LogP contribution < -0.4 is 9.46 Å². The molecule has 0 aliphatic heterocycles. The minimum Gasteiger partial charge on any atom is -0.491 e. The van der Waals surface area contributed by atoms with Gasteiger partial charge in [0.15, 0.2) is 0 Å². The van der Waals surface area contributed by atoms with Gasteiger partial charge in [0.25, 0.3) is 0 Å². The van der Waals surface area contributed by atoms with Crippen molar-refractivity contribution in [3.8, 4) is 5.75 Å². The summed E-state index contributed by atoms with van der Waals surface area (Å²) in [5.41, 5.74) is 1.94. The van der Waals surface area contributed by atoms with Gasteiger partial charge in [-0.15, -0.1) is 0 Å². The summed E-state index contributed by atoms with van der Waals surface area (Å²) >= 11 is 0. The maximum absolute atomic E-state index is 11.3. The lowest BCUT2D eigenvalue weighted by atomic mass is 10.1. The molecule has 1 aromatic rings. The smallest absolute Gasteiger partial charge is 0.211 e. The lowest BCUT2D eigenvalue weighted by Crippen LogP contribution is -2.24. The number of benzene rings is 1. The largest absolute Gasteiger partial charge is 0.491 e. The maximum Gasteiger partial charge on any atom is 0.211 e. The molecule has 0 saturated heterocycles. The monoisotopic (exact) mass is 271 g/mol. The molecule has 0 heterocycles. The highest BCUT2D eigenvalue weighted by Crippen LogP contribution is 2.20. The fourth-order valence-corrected chi connectivity index (χ4v) is 2.09. The van der Waals surface area contributed by atoms with E-state index in [1.165, 1.54) is 0 Å². The van der Waals surface area contributed by atoms with Crippen molar-refractivity contribution in [2.24, 2.45) is 0 Å². The average Bonchev–Trinajstić information content (AvgIpc) is 2.29. The van der Waals surface area contributed by atoms with Gasteiger partial charge >= 0.3 is 0 Å². The molecular formula is C13H21NO3S. The molecule has 5 heteroatoms. The van der Waals surface area contributed by atoms with Crippen LogP contribution in [0, 0.1) is 6.92 Å². The van der Waals surface area contributed by atoms with Gasteiger partial charge in [0, 0.05) is 6.54 Å². The first-order chi connectivity index (χ1) is 8.34. The van der Waals surface area contributed by atoms with Crippen LogP contribution in [0.1, 0.15) is 31.9 Å². The quantitative estimate of drug-likeness (QED) is 0.863. The molecule has 0 unspecified atom stereocenters. The molecule has 0 atom stereocenters. The number of sulfonamides is 1. The highest BCUT2D eigenvalue weighted by Gasteiger charge is 2.07. The normalized spacial score (nSPS) is 11.8. The fourth-order valence-electron chi connectivity index (χ4n) is 1.50. The average molecular weight is 271 g/mol. The topological polar surface area (TPSA) is 55.4 Å². The highest BCUT2D eigenvalue weighted by molar-refractivity contribution is 7.89. The van der Waals surface area contributed by atoms with Crippen molar-refractivity contribution in [3.63, 3.8) is 0 Å². The van der Waals surface area contributed by atoms with Gasteiger partial charge in [-0.2, -0.15) is 0 Å². The van der Waals surface area contributed by atoms with Gasteiger partial charge in [0.05, 0.1) is 11.9 Å². The van der Waals surface area contributed by atoms with Crippen molar-refractivity contribution in [2.75, 3.05) is 5.75 Å². The van der Waals surface area contributed by atoms with Crippen LogP contribution in [0.3, 0.4) is 0 Å². The lowest BCUT2D eigenvalue weighted by molar-refractivity contribution is 0.240. The Balaban J connectivity index is 2.73. The molecule has 0 aromatic heterocycles. The summed E-state index contributed by atoms with van der Waals surface area (Å²) in [6.07, 6.45) is 0.133. The third-order valence-corrected chi connectivity index (χ3v) is 3.82. The van der Waals surface area contributed by atoms with Crippen LogP contribution in [0.15, 0.2) is 18.2 Å². The highest BCUT2D eigenvalue weighted by atomic mass is 32.2. The maximum atomic E-state index is 11.3. The van der Waals surface area contributed by atoms with Gasteiger partial charge < -0.3 is 4.74 Å². The predicted molar refractivity (Wildman–Crippen MR) is 73.2 cm³/mol. The van der Waals surface area contributed by atoms with Gasteiger partial charge in [-0.1, -0.05) is 12.1 Å². The number of hydrogen-bond donors (Lipinski definition) is 1. The van der Waals surface area contributed by atoms with E-state index in [2.05, 4.69) is 4.72 Å². The summed E-state index contributed by atoms with van der Waals surface area (Å²) < 4.78 is 30.8. The first-order valence-electron chi connectivity index (χ1n) is 6.07. The second kappa shape index (κ2) is 6.20. The van der Waals surface area contributed by atoms with Gasteiger partial charge in [0.2, 0.25) is 10.0 Å². The van der Waals surface area contributed by atoms with E-state index < -0.39 is 10.0 Å².